The van der Waals surface area contributed by atoms with Gasteiger partial charge in [-0.1, -0.05) is 11.6 Å². The van der Waals surface area contributed by atoms with E-state index in [4.69, 9.17) is 11.6 Å². The van der Waals surface area contributed by atoms with Crippen LogP contribution in [0.15, 0.2) is 30.3 Å². The first-order valence-corrected chi connectivity index (χ1v) is 7.46. The van der Waals surface area contributed by atoms with E-state index >= 15 is 0 Å². The second-order valence-corrected chi connectivity index (χ2v) is 6.59. The normalized spacial score (nSPS) is 12.6. The number of rotatable bonds is 5. The third-order valence-corrected chi connectivity index (χ3v) is 4.12. The van der Waals surface area contributed by atoms with Gasteiger partial charge in [0.05, 0.1) is 0 Å². The van der Waals surface area contributed by atoms with Crippen LogP contribution in [-0.2, 0) is 13.0 Å². The maximum atomic E-state index is 13.2. The van der Waals surface area contributed by atoms with Crippen molar-refractivity contribution in [2.75, 3.05) is 0 Å². The fourth-order valence-electron chi connectivity index (χ4n) is 1.97. The molecule has 0 bridgehead atoms. The molecular formula is C15H17ClFNS. The predicted octanol–water partition coefficient (Wildman–Crippen LogP) is 4.57. The summed E-state index contributed by atoms with van der Waals surface area (Å²) in [6.07, 6.45) is 0.988. The number of hydrogen-bond donors (Lipinski definition) is 1. The summed E-state index contributed by atoms with van der Waals surface area (Å²) >= 11 is 7.65. The zero-order chi connectivity index (χ0) is 13.8. The molecule has 1 unspecified atom stereocenters. The van der Waals surface area contributed by atoms with Crippen molar-refractivity contribution < 1.29 is 4.39 Å². The summed E-state index contributed by atoms with van der Waals surface area (Å²) < 4.78 is 13.2. The largest absolute Gasteiger partial charge is 0.310 e. The van der Waals surface area contributed by atoms with Crippen molar-refractivity contribution in [2.45, 2.75) is 32.9 Å². The Morgan fingerprint density at radius 3 is 2.74 bits per heavy atom. The molecule has 19 heavy (non-hydrogen) atoms. The fraction of sp³-hybridized carbons (Fsp3) is 0.333. The highest BCUT2D eigenvalue weighted by Gasteiger charge is 2.06. The Bertz CT molecular complexity index is 533. The lowest BCUT2D eigenvalue weighted by molar-refractivity contribution is 0.545. The van der Waals surface area contributed by atoms with E-state index in [1.54, 1.807) is 6.07 Å². The van der Waals surface area contributed by atoms with Crippen molar-refractivity contribution in [3.8, 4) is 0 Å². The molecule has 0 saturated heterocycles. The Hall–Kier alpha value is -0.900. The van der Waals surface area contributed by atoms with Gasteiger partial charge in [0.25, 0.3) is 0 Å². The van der Waals surface area contributed by atoms with Gasteiger partial charge in [0.15, 0.2) is 0 Å². The minimum Gasteiger partial charge on any atom is -0.310 e. The molecule has 0 spiro atoms. The van der Waals surface area contributed by atoms with Crippen molar-refractivity contribution in [1.29, 1.82) is 0 Å². The van der Waals surface area contributed by atoms with E-state index in [1.807, 2.05) is 11.3 Å². The van der Waals surface area contributed by atoms with Crippen LogP contribution in [0, 0.1) is 12.7 Å². The molecule has 2 rings (SSSR count). The quantitative estimate of drug-likeness (QED) is 0.852. The molecule has 1 atom stereocenters. The highest BCUT2D eigenvalue weighted by Crippen LogP contribution is 2.17. The van der Waals surface area contributed by atoms with E-state index in [0.717, 1.165) is 12.0 Å². The van der Waals surface area contributed by atoms with Crippen LogP contribution in [0.5, 0.6) is 0 Å². The number of hydrogen-bond acceptors (Lipinski definition) is 2. The molecular weight excluding hydrogens is 281 g/mol. The second-order valence-electron chi connectivity index (χ2n) is 4.78. The number of halogens is 2. The molecule has 2 aromatic rings. The van der Waals surface area contributed by atoms with Gasteiger partial charge in [0.2, 0.25) is 0 Å². The van der Waals surface area contributed by atoms with Crippen molar-refractivity contribution in [1.82, 2.24) is 5.32 Å². The average molecular weight is 298 g/mol. The maximum absolute atomic E-state index is 13.2. The molecule has 1 heterocycles. The molecule has 0 amide bonds. The molecule has 0 fully saturated rings. The van der Waals surface area contributed by atoms with Gasteiger partial charge in [-0.05, 0) is 56.2 Å². The smallest absolute Gasteiger partial charge is 0.125 e. The fourth-order valence-corrected chi connectivity index (χ4v) is 3.24. The first kappa shape index (κ1) is 14.5. The number of thiophene rings is 1. The van der Waals surface area contributed by atoms with Gasteiger partial charge in [-0.25, -0.2) is 4.39 Å². The van der Waals surface area contributed by atoms with E-state index in [9.17, 15) is 4.39 Å². The Kier molecular flexibility index (Phi) is 4.97. The zero-order valence-corrected chi connectivity index (χ0v) is 12.6. The van der Waals surface area contributed by atoms with E-state index in [0.29, 0.717) is 17.6 Å². The van der Waals surface area contributed by atoms with Gasteiger partial charge in [-0.3, -0.25) is 0 Å². The van der Waals surface area contributed by atoms with E-state index in [2.05, 4.69) is 31.3 Å². The summed E-state index contributed by atoms with van der Waals surface area (Å²) in [4.78, 5) is 2.70. The molecule has 1 nitrogen and oxygen atoms in total. The van der Waals surface area contributed by atoms with Crippen molar-refractivity contribution in [3.63, 3.8) is 0 Å². The van der Waals surface area contributed by atoms with E-state index in [1.165, 1.54) is 21.9 Å². The lowest BCUT2D eigenvalue weighted by atomic mass is 10.1. The Morgan fingerprint density at radius 1 is 1.32 bits per heavy atom. The van der Waals surface area contributed by atoms with Gasteiger partial charge in [0.1, 0.15) is 5.82 Å². The molecule has 1 N–H and O–H groups in total. The topological polar surface area (TPSA) is 12.0 Å². The minimum atomic E-state index is -0.286. The van der Waals surface area contributed by atoms with Crippen molar-refractivity contribution in [2.24, 2.45) is 0 Å². The monoisotopic (exact) mass is 297 g/mol. The molecule has 0 aliphatic heterocycles. The van der Waals surface area contributed by atoms with Crippen molar-refractivity contribution in [3.05, 3.63) is 56.5 Å². The lowest BCUT2D eigenvalue weighted by Gasteiger charge is -2.13. The first-order chi connectivity index (χ1) is 9.02. The van der Waals surface area contributed by atoms with Crippen LogP contribution in [0.3, 0.4) is 0 Å². The summed E-state index contributed by atoms with van der Waals surface area (Å²) in [5, 5.41) is 3.84. The lowest BCUT2D eigenvalue weighted by Crippen LogP contribution is -2.27. The average Bonchev–Trinajstić information content (AvgIpc) is 2.71. The molecule has 1 aromatic heterocycles. The Morgan fingerprint density at radius 2 is 2.11 bits per heavy atom. The third kappa shape index (κ3) is 4.60. The molecule has 0 aliphatic rings. The molecule has 102 valence electrons. The van der Waals surface area contributed by atoms with Crippen LogP contribution in [0.4, 0.5) is 4.39 Å². The standard InChI is InChI=1S/C15H17ClFNS/c1-10(5-15-4-3-11(2)19-15)18-9-12-6-13(16)8-14(17)7-12/h3-4,6-8,10,18H,5,9H2,1-2H3. The Balaban J connectivity index is 1.87. The number of nitrogens with one attached hydrogen (secondary N) is 1. The summed E-state index contributed by atoms with van der Waals surface area (Å²) in [7, 11) is 0. The molecule has 4 heteroatoms. The predicted molar refractivity (Wildman–Crippen MR) is 80.5 cm³/mol. The van der Waals surface area contributed by atoms with Gasteiger partial charge in [-0.2, -0.15) is 0 Å². The van der Waals surface area contributed by atoms with E-state index in [-0.39, 0.29) is 5.82 Å². The van der Waals surface area contributed by atoms with Crippen LogP contribution in [0.2, 0.25) is 5.02 Å². The summed E-state index contributed by atoms with van der Waals surface area (Å²) in [5.41, 5.74) is 0.874. The van der Waals surface area contributed by atoms with Crippen LogP contribution >= 0.6 is 22.9 Å². The summed E-state index contributed by atoms with van der Waals surface area (Å²) in [5.74, 6) is -0.286. The number of aryl methyl sites for hydroxylation is 1. The highest BCUT2D eigenvalue weighted by molar-refractivity contribution is 7.11. The van der Waals surface area contributed by atoms with Gasteiger partial charge >= 0.3 is 0 Å². The highest BCUT2D eigenvalue weighted by atomic mass is 35.5. The summed E-state index contributed by atoms with van der Waals surface area (Å²) in [6, 6.07) is 9.28. The van der Waals surface area contributed by atoms with Crippen LogP contribution in [-0.4, -0.2) is 6.04 Å². The molecule has 0 radical (unpaired) electrons. The van der Waals surface area contributed by atoms with Gasteiger partial charge in [0, 0.05) is 27.4 Å². The Labute approximate surface area is 122 Å². The van der Waals surface area contributed by atoms with Gasteiger partial charge in [-0.15, -0.1) is 11.3 Å². The van der Waals surface area contributed by atoms with Crippen LogP contribution < -0.4 is 5.32 Å². The molecule has 0 aliphatic carbocycles. The van der Waals surface area contributed by atoms with Crippen LogP contribution in [0.1, 0.15) is 22.2 Å². The minimum absolute atomic E-state index is 0.286. The molecule has 1 aromatic carbocycles. The second kappa shape index (κ2) is 6.51. The number of benzene rings is 1. The maximum Gasteiger partial charge on any atom is 0.125 e. The zero-order valence-electron chi connectivity index (χ0n) is 11.0. The van der Waals surface area contributed by atoms with Gasteiger partial charge < -0.3 is 5.32 Å². The summed E-state index contributed by atoms with van der Waals surface area (Å²) in [6.45, 7) is 4.87. The molecule has 0 saturated carbocycles. The van der Waals surface area contributed by atoms with Crippen molar-refractivity contribution >= 4 is 22.9 Å². The van der Waals surface area contributed by atoms with Crippen LogP contribution in [0.25, 0.3) is 0 Å². The van der Waals surface area contributed by atoms with E-state index < -0.39 is 0 Å². The SMILES string of the molecule is Cc1ccc(CC(C)NCc2cc(F)cc(Cl)c2)s1. The first-order valence-electron chi connectivity index (χ1n) is 6.26. The third-order valence-electron chi connectivity index (χ3n) is 2.88.